The third-order valence-electron chi connectivity index (χ3n) is 3.63. The Hall–Kier alpha value is -1.12. The van der Waals surface area contributed by atoms with Crippen molar-refractivity contribution >= 4 is 32.0 Å². The van der Waals surface area contributed by atoms with E-state index in [1.165, 1.54) is 0 Å². The van der Waals surface area contributed by atoms with E-state index in [0.29, 0.717) is 13.1 Å². The van der Waals surface area contributed by atoms with Crippen LogP contribution in [0.4, 0.5) is 5.82 Å². The van der Waals surface area contributed by atoms with E-state index in [4.69, 9.17) is 0 Å². The summed E-state index contributed by atoms with van der Waals surface area (Å²) in [7, 11) is -1.00. The van der Waals surface area contributed by atoms with Crippen molar-refractivity contribution in [1.82, 2.24) is 14.7 Å². The zero-order valence-corrected chi connectivity index (χ0v) is 13.2. The number of hydrogen-bond acceptors (Lipinski definition) is 6. The smallest absolute Gasteiger partial charge is 0.195 e. The maximum absolute atomic E-state index is 11.7. The van der Waals surface area contributed by atoms with E-state index in [0.717, 1.165) is 16.5 Å². The van der Waals surface area contributed by atoms with Crippen molar-refractivity contribution in [3.63, 3.8) is 0 Å². The monoisotopic (exact) mass is 314 g/mol. The predicted molar refractivity (Wildman–Crippen MR) is 81.3 cm³/mol. The largest absolute Gasteiger partial charge is 0.350 e. The quantitative estimate of drug-likeness (QED) is 0.905. The fourth-order valence-corrected chi connectivity index (χ4v) is 4.98. The molecule has 3 rings (SSSR count). The molecule has 20 heavy (non-hydrogen) atoms. The van der Waals surface area contributed by atoms with Gasteiger partial charge < -0.3 is 10.2 Å². The molecule has 0 amide bonds. The maximum Gasteiger partial charge on any atom is 0.195 e. The minimum absolute atomic E-state index is 0.0334. The summed E-state index contributed by atoms with van der Waals surface area (Å²) in [6.07, 6.45) is 2.01. The molecule has 1 fully saturated rings. The molecule has 1 N–H and O–H groups in total. The van der Waals surface area contributed by atoms with Gasteiger partial charge in [-0.3, -0.25) is 4.40 Å². The van der Waals surface area contributed by atoms with Crippen molar-refractivity contribution in [2.75, 3.05) is 30.0 Å². The molecule has 8 heteroatoms. The molecule has 110 valence electrons. The molecule has 2 aromatic rings. The SMILES string of the molecule is CNCc1c(N2CCS(=O)(=O)CC2C)nc2sccn12. The first kappa shape index (κ1) is 13.8. The van der Waals surface area contributed by atoms with Crippen LogP contribution in [0.15, 0.2) is 11.6 Å². The highest BCUT2D eigenvalue weighted by Gasteiger charge is 2.31. The summed E-state index contributed by atoms with van der Waals surface area (Å²) in [4.78, 5) is 7.75. The van der Waals surface area contributed by atoms with E-state index < -0.39 is 9.84 Å². The van der Waals surface area contributed by atoms with Gasteiger partial charge >= 0.3 is 0 Å². The number of nitrogens with one attached hydrogen (secondary N) is 1. The fraction of sp³-hybridized carbons (Fsp3) is 0.583. The predicted octanol–water partition coefficient (Wildman–Crippen LogP) is 0.738. The van der Waals surface area contributed by atoms with Gasteiger partial charge in [0.15, 0.2) is 20.6 Å². The summed E-state index contributed by atoms with van der Waals surface area (Å²) in [5, 5.41) is 5.17. The van der Waals surface area contributed by atoms with Gasteiger partial charge in [0.25, 0.3) is 0 Å². The Kier molecular flexibility index (Phi) is 3.47. The molecule has 2 aromatic heterocycles. The van der Waals surface area contributed by atoms with Crippen molar-refractivity contribution in [3.8, 4) is 0 Å². The van der Waals surface area contributed by atoms with Crippen LogP contribution in [0.2, 0.25) is 0 Å². The highest BCUT2D eigenvalue weighted by Crippen LogP contribution is 2.28. The third-order valence-corrected chi connectivity index (χ3v) is 6.18. The van der Waals surface area contributed by atoms with Crippen molar-refractivity contribution in [2.24, 2.45) is 0 Å². The van der Waals surface area contributed by atoms with Gasteiger partial charge in [-0.15, -0.1) is 11.3 Å². The fourth-order valence-electron chi connectivity index (χ4n) is 2.70. The van der Waals surface area contributed by atoms with Crippen molar-refractivity contribution in [1.29, 1.82) is 0 Å². The first-order chi connectivity index (χ1) is 9.52. The lowest BCUT2D eigenvalue weighted by atomic mass is 10.3. The third kappa shape index (κ3) is 2.32. The molecule has 1 atom stereocenters. The summed E-state index contributed by atoms with van der Waals surface area (Å²) >= 11 is 1.59. The normalized spacial score (nSPS) is 22.5. The molecular weight excluding hydrogens is 296 g/mol. The second-order valence-electron chi connectivity index (χ2n) is 5.12. The molecule has 1 aliphatic rings. The molecule has 3 heterocycles. The molecular formula is C12H18N4O2S2. The lowest BCUT2D eigenvalue weighted by molar-refractivity contribution is 0.566. The van der Waals surface area contributed by atoms with Crippen LogP contribution < -0.4 is 10.2 Å². The van der Waals surface area contributed by atoms with E-state index >= 15 is 0 Å². The molecule has 6 nitrogen and oxygen atoms in total. The van der Waals surface area contributed by atoms with Gasteiger partial charge in [-0.25, -0.2) is 13.4 Å². The molecule has 1 aliphatic heterocycles. The Labute approximate surface area is 122 Å². The van der Waals surface area contributed by atoms with Gasteiger partial charge in [0, 0.05) is 30.7 Å². The van der Waals surface area contributed by atoms with Crippen LogP contribution >= 0.6 is 11.3 Å². The van der Waals surface area contributed by atoms with Gasteiger partial charge in [0.05, 0.1) is 17.2 Å². The highest BCUT2D eigenvalue weighted by atomic mass is 32.2. The molecule has 0 bridgehead atoms. The molecule has 0 spiro atoms. The van der Waals surface area contributed by atoms with Crippen LogP contribution in [0.1, 0.15) is 12.6 Å². The van der Waals surface area contributed by atoms with Crippen molar-refractivity contribution in [3.05, 3.63) is 17.3 Å². The molecule has 1 saturated heterocycles. The summed E-state index contributed by atoms with van der Waals surface area (Å²) in [6.45, 7) is 3.18. The second-order valence-corrected chi connectivity index (χ2v) is 8.23. The number of hydrogen-bond donors (Lipinski definition) is 1. The standard InChI is InChI=1S/C12H18N4O2S2/c1-9-8-20(17,18)6-4-15(9)11-10(7-13-2)16-3-5-19-12(16)14-11/h3,5,9,13H,4,6-8H2,1-2H3. The molecule has 0 aliphatic carbocycles. The van der Waals surface area contributed by atoms with Gasteiger partial charge in [-0.2, -0.15) is 0 Å². The van der Waals surface area contributed by atoms with Gasteiger partial charge in [0.2, 0.25) is 0 Å². The van der Waals surface area contributed by atoms with Crippen molar-refractivity contribution < 1.29 is 8.42 Å². The summed E-state index contributed by atoms with van der Waals surface area (Å²) in [5.74, 6) is 1.33. The number of sulfone groups is 1. The lowest BCUT2D eigenvalue weighted by Crippen LogP contribution is -2.47. The van der Waals surface area contributed by atoms with E-state index in [-0.39, 0.29) is 17.5 Å². The Bertz CT molecular complexity index is 719. The minimum Gasteiger partial charge on any atom is -0.350 e. The molecule has 0 radical (unpaired) electrons. The Morgan fingerprint density at radius 3 is 3.05 bits per heavy atom. The molecule has 0 aromatic carbocycles. The summed E-state index contributed by atoms with van der Waals surface area (Å²) < 4.78 is 25.5. The van der Waals surface area contributed by atoms with Crippen molar-refractivity contribution in [2.45, 2.75) is 19.5 Å². The zero-order valence-electron chi connectivity index (χ0n) is 11.5. The Morgan fingerprint density at radius 2 is 2.35 bits per heavy atom. The van der Waals surface area contributed by atoms with Crippen LogP contribution in [0.25, 0.3) is 4.96 Å². The summed E-state index contributed by atoms with van der Waals surface area (Å²) in [5.41, 5.74) is 1.09. The zero-order chi connectivity index (χ0) is 14.3. The van der Waals surface area contributed by atoms with Gasteiger partial charge in [0.1, 0.15) is 0 Å². The topological polar surface area (TPSA) is 66.7 Å². The van der Waals surface area contributed by atoms with Crippen LogP contribution in [-0.2, 0) is 16.4 Å². The van der Waals surface area contributed by atoms with Crippen LogP contribution in [0.3, 0.4) is 0 Å². The first-order valence-electron chi connectivity index (χ1n) is 6.58. The van der Waals surface area contributed by atoms with Gasteiger partial charge in [-0.05, 0) is 14.0 Å². The minimum atomic E-state index is -2.90. The lowest BCUT2D eigenvalue weighted by Gasteiger charge is -2.34. The van der Waals surface area contributed by atoms with Crippen LogP contribution in [0.5, 0.6) is 0 Å². The van der Waals surface area contributed by atoms with E-state index in [1.807, 2.05) is 25.5 Å². The first-order valence-corrected chi connectivity index (χ1v) is 9.28. The number of thiazole rings is 1. The van der Waals surface area contributed by atoms with E-state index in [2.05, 4.69) is 19.6 Å². The molecule has 1 unspecified atom stereocenters. The number of nitrogens with zero attached hydrogens (tertiary/aromatic N) is 3. The maximum atomic E-state index is 11.7. The number of aromatic nitrogens is 2. The number of imidazole rings is 1. The van der Waals surface area contributed by atoms with Gasteiger partial charge in [-0.1, -0.05) is 0 Å². The van der Waals surface area contributed by atoms with Crippen LogP contribution in [0, 0.1) is 0 Å². The second kappa shape index (κ2) is 5.01. The summed E-state index contributed by atoms with van der Waals surface area (Å²) in [6, 6.07) is -0.0334. The Balaban J connectivity index is 2.01. The highest BCUT2D eigenvalue weighted by molar-refractivity contribution is 7.91. The number of rotatable bonds is 3. The average Bonchev–Trinajstić information content (AvgIpc) is 2.91. The number of fused-ring (bicyclic) bond motifs is 1. The van der Waals surface area contributed by atoms with E-state index in [9.17, 15) is 8.42 Å². The molecule has 0 saturated carbocycles. The number of anilines is 1. The Morgan fingerprint density at radius 1 is 1.55 bits per heavy atom. The van der Waals surface area contributed by atoms with Crippen LogP contribution in [-0.4, -0.2) is 48.9 Å². The average molecular weight is 314 g/mol. The van der Waals surface area contributed by atoms with E-state index in [1.54, 1.807) is 11.3 Å².